The molecule has 14 heavy (non-hydrogen) atoms. The summed E-state index contributed by atoms with van der Waals surface area (Å²) in [6.45, 7) is 2.51. The van der Waals surface area contributed by atoms with Gasteiger partial charge in [0.15, 0.2) is 5.78 Å². The van der Waals surface area contributed by atoms with E-state index in [4.69, 9.17) is 5.11 Å². The summed E-state index contributed by atoms with van der Waals surface area (Å²) in [7, 11) is 1.25. The number of esters is 1. The molecule has 0 fully saturated rings. The van der Waals surface area contributed by atoms with Gasteiger partial charge in [-0.15, -0.1) is 0 Å². The average Bonchev–Trinajstić information content (AvgIpc) is 2.10. The van der Waals surface area contributed by atoms with Gasteiger partial charge in [0.25, 0.3) is 0 Å². The van der Waals surface area contributed by atoms with Crippen molar-refractivity contribution in [3.63, 3.8) is 0 Å². The molecule has 1 N–H and O–H groups in total. The van der Waals surface area contributed by atoms with E-state index in [1.165, 1.54) is 21.0 Å². The Morgan fingerprint density at radius 3 is 2.36 bits per heavy atom. The molecule has 0 aromatic heterocycles. The van der Waals surface area contributed by atoms with Crippen molar-refractivity contribution in [2.24, 2.45) is 4.99 Å². The van der Waals surface area contributed by atoms with E-state index in [0.29, 0.717) is 0 Å². The van der Waals surface area contributed by atoms with E-state index in [1.54, 1.807) is 0 Å². The largest absolute Gasteiger partial charge is 0.512 e. The molecule has 0 bridgehead atoms. The normalized spacial score (nSPS) is 12.5. The predicted octanol–water partition coefficient (Wildman–Crippen LogP) is 0.651. The second-order valence-corrected chi connectivity index (χ2v) is 2.60. The molecule has 0 aliphatic heterocycles. The Balaban J connectivity index is 4.41. The monoisotopic (exact) mass is 199 g/mol. The van der Waals surface area contributed by atoms with Crippen LogP contribution in [0.25, 0.3) is 0 Å². The number of ether oxygens (including phenoxy) is 1. The lowest BCUT2D eigenvalue weighted by atomic mass is 10.2. The number of ketones is 1. The fourth-order valence-electron chi connectivity index (χ4n) is 0.715. The molecule has 0 saturated carbocycles. The van der Waals surface area contributed by atoms with Gasteiger partial charge < -0.3 is 9.84 Å². The number of aliphatic hydroxyl groups excluding tert-OH is 1. The SMILES string of the molecule is COC(=O)CN=CC(C(C)=O)=C(C)O. The van der Waals surface area contributed by atoms with E-state index in [0.717, 1.165) is 6.21 Å². The van der Waals surface area contributed by atoms with E-state index in [9.17, 15) is 9.59 Å². The van der Waals surface area contributed by atoms with Gasteiger partial charge in [-0.25, -0.2) is 0 Å². The van der Waals surface area contributed by atoms with Crippen LogP contribution >= 0.6 is 0 Å². The van der Waals surface area contributed by atoms with Crippen molar-refractivity contribution in [2.75, 3.05) is 13.7 Å². The fraction of sp³-hybridized carbons (Fsp3) is 0.444. The number of hydrogen-bond donors (Lipinski definition) is 1. The topological polar surface area (TPSA) is 76.0 Å². The first-order chi connectivity index (χ1) is 6.49. The first kappa shape index (κ1) is 12.3. The number of allylic oxidation sites excluding steroid dienone is 2. The number of aliphatic imine (C=N–C) groups is 1. The van der Waals surface area contributed by atoms with Gasteiger partial charge in [-0.2, -0.15) is 0 Å². The summed E-state index contributed by atoms with van der Waals surface area (Å²) in [6, 6.07) is 0. The van der Waals surface area contributed by atoms with Gasteiger partial charge in [0.2, 0.25) is 0 Å². The zero-order chi connectivity index (χ0) is 11.1. The summed E-state index contributed by atoms with van der Waals surface area (Å²) in [6.07, 6.45) is 1.16. The highest BCUT2D eigenvalue weighted by Crippen LogP contribution is 1.99. The maximum Gasteiger partial charge on any atom is 0.327 e. The molecule has 0 aliphatic carbocycles. The summed E-state index contributed by atoms with van der Waals surface area (Å²) < 4.78 is 4.34. The Morgan fingerprint density at radius 1 is 1.43 bits per heavy atom. The molecule has 5 heteroatoms. The van der Waals surface area contributed by atoms with E-state index < -0.39 is 5.97 Å². The second-order valence-electron chi connectivity index (χ2n) is 2.60. The highest BCUT2D eigenvalue weighted by atomic mass is 16.5. The number of carbonyl (C=O) groups is 2. The van der Waals surface area contributed by atoms with Crippen LogP contribution in [0.1, 0.15) is 13.8 Å². The molecule has 0 spiro atoms. The number of nitrogens with zero attached hydrogens (tertiary/aromatic N) is 1. The third-order valence-electron chi connectivity index (χ3n) is 1.44. The summed E-state index contributed by atoms with van der Waals surface area (Å²) in [5.74, 6) is -0.926. The third-order valence-corrected chi connectivity index (χ3v) is 1.44. The lowest BCUT2D eigenvalue weighted by Crippen LogP contribution is -2.07. The Labute approximate surface area is 82.1 Å². The number of rotatable bonds is 4. The quantitative estimate of drug-likeness (QED) is 0.312. The van der Waals surface area contributed by atoms with E-state index in [2.05, 4.69) is 9.73 Å². The van der Waals surface area contributed by atoms with Gasteiger partial charge in [0, 0.05) is 6.21 Å². The van der Waals surface area contributed by atoms with Crippen molar-refractivity contribution < 1.29 is 19.4 Å². The number of aliphatic hydroxyl groups is 1. The average molecular weight is 199 g/mol. The maximum atomic E-state index is 10.9. The van der Waals surface area contributed by atoms with Gasteiger partial charge in [0.1, 0.15) is 12.3 Å². The molecule has 78 valence electrons. The molecule has 0 amide bonds. The fourth-order valence-corrected chi connectivity index (χ4v) is 0.715. The third kappa shape index (κ3) is 4.39. The van der Waals surface area contributed by atoms with Crippen LogP contribution in [0.15, 0.2) is 16.3 Å². The molecular formula is C9H13NO4. The van der Waals surface area contributed by atoms with Crippen LogP contribution in [0.4, 0.5) is 0 Å². The van der Waals surface area contributed by atoms with Crippen LogP contribution in [0.5, 0.6) is 0 Å². The number of hydrogen-bond acceptors (Lipinski definition) is 5. The standard InChI is InChI=1S/C9H13NO4/c1-6(11)8(7(2)12)4-10-5-9(13)14-3/h4,11H,5H2,1-3H3. The molecule has 0 rings (SSSR count). The Bertz CT molecular complexity index is 287. The Kier molecular flexibility index (Phi) is 5.21. The molecule has 0 aromatic carbocycles. The van der Waals surface area contributed by atoms with Crippen molar-refractivity contribution in [1.82, 2.24) is 0 Å². The van der Waals surface area contributed by atoms with Crippen LogP contribution in [-0.2, 0) is 14.3 Å². The van der Waals surface area contributed by atoms with Crippen molar-refractivity contribution in [3.05, 3.63) is 11.3 Å². The second kappa shape index (κ2) is 5.90. The number of carbonyl (C=O) groups excluding carboxylic acids is 2. The van der Waals surface area contributed by atoms with Crippen LogP contribution in [0.2, 0.25) is 0 Å². The summed E-state index contributed by atoms with van der Waals surface area (Å²) >= 11 is 0. The number of methoxy groups -OCH3 is 1. The predicted molar refractivity (Wildman–Crippen MR) is 51.4 cm³/mol. The van der Waals surface area contributed by atoms with Crippen molar-refractivity contribution in [3.8, 4) is 0 Å². The van der Waals surface area contributed by atoms with Gasteiger partial charge >= 0.3 is 5.97 Å². The smallest absolute Gasteiger partial charge is 0.327 e. The van der Waals surface area contributed by atoms with E-state index in [1.807, 2.05) is 0 Å². The summed E-state index contributed by atoms with van der Waals surface area (Å²) in [5, 5.41) is 9.06. The maximum absolute atomic E-state index is 10.9. The van der Waals surface area contributed by atoms with Crippen molar-refractivity contribution in [1.29, 1.82) is 0 Å². The van der Waals surface area contributed by atoms with Gasteiger partial charge in [-0.05, 0) is 13.8 Å². The van der Waals surface area contributed by atoms with Crippen LogP contribution in [0, 0.1) is 0 Å². The van der Waals surface area contributed by atoms with Crippen LogP contribution in [0.3, 0.4) is 0 Å². The minimum absolute atomic E-state index is 0.0916. The van der Waals surface area contributed by atoms with Gasteiger partial charge in [0.05, 0.1) is 12.7 Å². The number of Topliss-reactive ketones (excluding diaryl/α,β-unsaturated/α-hetero) is 1. The van der Waals surface area contributed by atoms with Crippen molar-refractivity contribution >= 4 is 18.0 Å². The van der Waals surface area contributed by atoms with Crippen LogP contribution in [-0.4, -0.2) is 36.7 Å². The van der Waals surface area contributed by atoms with E-state index >= 15 is 0 Å². The molecule has 0 heterocycles. The zero-order valence-corrected chi connectivity index (χ0v) is 8.40. The highest BCUT2D eigenvalue weighted by Gasteiger charge is 2.04. The van der Waals surface area contributed by atoms with Crippen molar-refractivity contribution in [2.45, 2.75) is 13.8 Å². The minimum Gasteiger partial charge on any atom is -0.512 e. The summed E-state index contributed by atoms with van der Waals surface area (Å²) in [5.41, 5.74) is 0.0916. The van der Waals surface area contributed by atoms with E-state index in [-0.39, 0.29) is 23.7 Å². The first-order valence-electron chi connectivity index (χ1n) is 3.96. The molecule has 0 aromatic rings. The highest BCUT2D eigenvalue weighted by molar-refractivity contribution is 6.12. The Hall–Kier alpha value is -1.65. The molecule has 0 saturated heterocycles. The Morgan fingerprint density at radius 2 is 2.00 bits per heavy atom. The molecule has 0 radical (unpaired) electrons. The lowest BCUT2D eigenvalue weighted by Gasteiger charge is -1.97. The van der Waals surface area contributed by atoms with Crippen LogP contribution < -0.4 is 0 Å². The summed E-state index contributed by atoms with van der Waals surface area (Å²) in [4.78, 5) is 25.2. The molecule has 5 nitrogen and oxygen atoms in total. The first-order valence-corrected chi connectivity index (χ1v) is 3.96. The minimum atomic E-state index is -0.500. The lowest BCUT2D eigenvalue weighted by molar-refractivity contribution is -0.138. The van der Waals surface area contributed by atoms with Gasteiger partial charge in [-0.1, -0.05) is 0 Å². The molecular weight excluding hydrogens is 186 g/mol. The molecule has 0 aliphatic rings. The zero-order valence-electron chi connectivity index (χ0n) is 8.40. The van der Waals surface area contributed by atoms with Gasteiger partial charge in [-0.3, -0.25) is 14.6 Å². The molecule has 0 atom stereocenters. The molecule has 0 unspecified atom stereocenters.